The number of hydrogen-bond acceptors (Lipinski definition) is 4. The van der Waals surface area contributed by atoms with Crippen LogP contribution in [0.4, 0.5) is 14.5 Å². The standard InChI is InChI=1S/C13H8F2N2OS/c14-7-6-11(8(15)5-9(7)16)18-13-17-10-3-1-2-4-12(10)19-13/h1-6H,16H2. The van der Waals surface area contributed by atoms with Gasteiger partial charge in [0.2, 0.25) is 0 Å². The Hall–Kier alpha value is -2.21. The first-order valence-electron chi connectivity index (χ1n) is 5.41. The molecular weight excluding hydrogens is 270 g/mol. The van der Waals surface area contributed by atoms with Crippen LogP contribution in [0.2, 0.25) is 0 Å². The Kier molecular flexibility index (Phi) is 2.79. The number of fused-ring (bicyclic) bond motifs is 1. The van der Waals surface area contributed by atoms with Gasteiger partial charge in [0.05, 0.1) is 15.9 Å². The van der Waals surface area contributed by atoms with Crippen LogP contribution in [-0.2, 0) is 0 Å². The third-order valence-corrected chi connectivity index (χ3v) is 3.44. The van der Waals surface area contributed by atoms with Crippen LogP contribution in [-0.4, -0.2) is 4.98 Å². The van der Waals surface area contributed by atoms with Crippen LogP contribution >= 0.6 is 11.3 Å². The number of anilines is 1. The molecule has 2 aromatic carbocycles. The summed E-state index contributed by atoms with van der Waals surface area (Å²) in [7, 11) is 0. The van der Waals surface area contributed by atoms with Crippen molar-refractivity contribution in [3.05, 3.63) is 48.0 Å². The zero-order valence-corrected chi connectivity index (χ0v) is 10.4. The number of nitrogen functional groups attached to an aromatic ring is 1. The van der Waals surface area contributed by atoms with E-state index >= 15 is 0 Å². The smallest absolute Gasteiger partial charge is 0.279 e. The maximum absolute atomic E-state index is 13.6. The first kappa shape index (κ1) is 11.9. The van der Waals surface area contributed by atoms with Gasteiger partial charge in [0.1, 0.15) is 5.82 Å². The van der Waals surface area contributed by atoms with Crippen LogP contribution < -0.4 is 10.5 Å². The molecule has 0 spiro atoms. The summed E-state index contributed by atoms with van der Waals surface area (Å²) < 4.78 is 33.0. The van der Waals surface area contributed by atoms with Crippen LogP contribution in [0.25, 0.3) is 10.2 Å². The summed E-state index contributed by atoms with van der Waals surface area (Å²) in [5, 5.41) is 0.254. The van der Waals surface area contributed by atoms with Crippen LogP contribution in [0.1, 0.15) is 0 Å². The Morgan fingerprint density at radius 3 is 2.68 bits per heavy atom. The predicted molar refractivity (Wildman–Crippen MR) is 70.5 cm³/mol. The monoisotopic (exact) mass is 278 g/mol. The van der Waals surface area contributed by atoms with Gasteiger partial charge in [-0.2, -0.15) is 0 Å². The van der Waals surface area contributed by atoms with E-state index in [1.54, 1.807) is 0 Å². The van der Waals surface area contributed by atoms with E-state index in [1.807, 2.05) is 24.3 Å². The van der Waals surface area contributed by atoms with E-state index in [0.29, 0.717) is 0 Å². The Morgan fingerprint density at radius 2 is 1.89 bits per heavy atom. The van der Waals surface area contributed by atoms with Crippen molar-refractivity contribution < 1.29 is 13.5 Å². The summed E-state index contributed by atoms with van der Waals surface area (Å²) in [6.07, 6.45) is 0. The molecule has 0 bridgehead atoms. The Balaban J connectivity index is 1.98. The highest BCUT2D eigenvalue weighted by Crippen LogP contribution is 2.33. The van der Waals surface area contributed by atoms with Crippen LogP contribution in [0.5, 0.6) is 10.9 Å². The molecule has 96 valence electrons. The lowest BCUT2D eigenvalue weighted by Crippen LogP contribution is -1.95. The molecule has 0 saturated carbocycles. The quantitative estimate of drug-likeness (QED) is 0.722. The largest absolute Gasteiger partial charge is 0.428 e. The van der Waals surface area contributed by atoms with E-state index in [-0.39, 0.29) is 16.6 Å². The zero-order valence-electron chi connectivity index (χ0n) is 9.56. The van der Waals surface area contributed by atoms with E-state index in [0.717, 1.165) is 22.3 Å². The number of hydrogen-bond donors (Lipinski definition) is 1. The van der Waals surface area contributed by atoms with E-state index in [1.165, 1.54) is 11.3 Å². The molecule has 3 aromatic rings. The fourth-order valence-corrected chi connectivity index (χ4v) is 2.44. The van der Waals surface area contributed by atoms with E-state index < -0.39 is 11.6 Å². The van der Waals surface area contributed by atoms with Crippen molar-refractivity contribution in [3.8, 4) is 10.9 Å². The number of thiazole rings is 1. The fourth-order valence-electron chi connectivity index (χ4n) is 1.61. The number of para-hydroxylation sites is 1. The van der Waals surface area contributed by atoms with Crippen molar-refractivity contribution in [2.24, 2.45) is 0 Å². The van der Waals surface area contributed by atoms with E-state index in [2.05, 4.69) is 4.98 Å². The third-order valence-electron chi connectivity index (χ3n) is 2.52. The summed E-state index contributed by atoms with van der Waals surface area (Å²) in [4.78, 5) is 4.18. The molecule has 19 heavy (non-hydrogen) atoms. The lowest BCUT2D eigenvalue weighted by Gasteiger charge is -2.04. The van der Waals surface area contributed by atoms with Gasteiger partial charge in [0, 0.05) is 12.1 Å². The number of ether oxygens (including phenoxy) is 1. The highest BCUT2D eigenvalue weighted by atomic mass is 32.1. The number of halogens is 2. The van der Waals surface area contributed by atoms with Gasteiger partial charge in [-0.25, -0.2) is 13.8 Å². The molecule has 2 N–H and O–H groups in total. The van der Waals surface area contributed by atoms with Crippen molar-refractivity contribution in [3.63, 3.8) is 0 Å². The van der Waals surface area contributed by atoms with Crippen molar-refractivity contribution >= 4 is 27.2 Å². The number of aromatic nitrogens is 1. The third kappa shape index (κ3) is 2.22. The molecule has 0 unspecified atom stereocenters. The summed E-state index contributed by atoms with van der Waals surface area (Å²) in [6, 6.07) is 9.20. The van der Waals surface area contributed by atoms with E-state index in [4.69, 9.17) is 10.5 Å². The van der Waals surface area contributed by atoms with Gasteiger partial charge in [-0.3, -0.25) is 0 Å². The molecule has 0 amide bonds. The molecule has 0 fully saturated rings. The van der Waals surface area contributed by atoms with E-state index in [9.17, 15) is 8.78 Å². The minimum Gasteiger partial charge on any atom is -0.428 e. The number of benzene rings is 2. The second kappa shape index (κ2) is 4.47. The topological polar surface area (TPSA) is 48.1 Å². The molecule has 0 radical (unpaired) electrons. The van der Waals surface area contributed by atoms with Crippen molar-refractivity contribution in [1.29, 1.82) is 0 Å². The average molecular weight is 278 g/mol. The highest BCUT2D eigenvalue weighted by molar-refractivity contribution is 7.20. The second-order valence-corrected chi connectivity index (χ2v) is 4.85. The number of nitrogens with zero attached hydrogens (tertiary/aromatic N) is 1. The molecule has 3 nitrogen and oxygen atoms in total. The molecule has 0 aliphatic rings. The highest BCUT2D eigenvalue weighted by Gasteiger charge is 2.12. The normalized spacial score (nSPS) is 10.8. The summed E-state index contributed by atoms with van der Waals surface area (Å²) >= 11 is 1.26. The van der Waals surface area contributed by atoms with Crippen molar-refractivity contribution in [1.82, 2.24) is 4.98 Å². The molecule has 6 heteroatoms. The fraction of sp³-hybridized carbons (Fsp3) is 0. The SMILES string of the molecule is Nc1cc(F)c(Oc2nc3ccccc3s2)cc1F. The Bertz CT molecular complexity index is 724. The van der Waals surface area contributed by atoms with Crippen molar-refractivity contribution in [2.45, 2.75) is 0 Å². The summed E-state index contributed by atoms with van der Waals surface area (Å²) in [5.74, 6) is -1.68. The second-order valence-electron chi connectivity index (χ2n) is 3.85. The lowest BCUT2D eigenvalue weighted by atomic mass is 10.3. The van der Waals surface area contributed by atoms with Gasteiger partial charge < -0.3 is 10.5 Å². The molecule has 0 atom stereocenters. The molecule has 3 rings (SSSR count). The zero-order chi connectivity index (χ0) is 13.4. The summed E-state index contributed by atoms with van der Waals surface area (Å²) in [6.45, 7) is 0. The van der Waals surface area contributed by atoms with Gasteiger partial charge in [-0.05, 0) is 12.1 Å². The van der Waals surface area contributed by atoms with Crippen LogP contribution in [0, 0.1) is 11.6 Å². The van der Waals surface area contributed by atoms with Crippen LogP contribution in [0.15, 0.2) is 36.4 Å². The first-order chi connectivity index (χ1) is 9.13. The average Bonchev–Trinajstić information content (AvgIpc) is 2.78. The molecule has 0 saturated heterocycles. The minimum absolute atomic E-state index is 0.231. The Morgan fingerprint density at radius 1 is 1.11 bits per heavy atom. The van der Waals surface area contributed by atoms with Crippen LogP contribution in [0.3, 0.4) is 0 Å². The van der Waals surface area contributed by atoms with Gasteiger partial charge in [0.15, 0.2) is 11.6 Å². The lowest BCUT2D eigenvalue weighted by molar-refractivity contribution is 0.435. The molecule has 1 heterocycles. The summed E-state index contributed by atoms with van der Waals surface area (Å²) in [5.41, 5.74) is 5.75. The maximum Gasteiger partial charge on any atom is 0.279 e. The molecule has 0 aliphatic carbocycles. The molecule has 1 aromatic heterocycles. The number of rotatable bonds is 2. The molecule has 0 aliphatic heterocycles. The minimum atomic E-state index is -0.725. The van der Waals surface area contributed by atoms with Gasteiger partial charge in [-0.15, -0.1) is 0 Å². The number of nitrogens with two attached hydrogens (primary N) is 1. The predicted octanol–water partition coefficient (Wildman–Crippen LogP) is 3.95. The van der Waals surface area contributed by atoms with Gasteiger partial charge >= 0.3 is 0 Å². The van der Waals surface area contributed by atoms with Crippen molar-refractivity contribution in [2.75, 3.05) is 5.73 Å². The van der Waals surface area contributed by atoms with Gasteiger partial charge in [0.25, 0.3) is 5.19 Å². The first-order valence-corrected chi connectivity index (χ1v) is 6.23. The molecular formula is C13H8F2N2OS. The van der Waals surface area contributed by atoms with Gasteiger partial charge in [-0.1, -0.05) is 23.5 Å². The Labute approximate surface area is 111 Å². The maximum atomic E-state index is 13.6.